The average molecular weight is 362 g/mol. The summed E-state index contributed by atoms with van der Waals surface area (Å²) >= 11 is 0. The van der Waals surface area contributed by atoms with Crippen molar-refractivity contribution in [2.75, 3.05) is 6.61 Å². The summed E-state index contributed by atoms with van der Waals surface area (Å²) in [4.78, 5) is 12.1. The lowest BCUT2D eigenvalue weighted by Gasteiger charge is -2.04. The van der Waals surface area contributed by atoms with Crippen LogP contribution in [0, 0.1) is 0 Å². The lowest BCUT2D eigenvalue weighted by Crippen LogP contribution is -2.05. The minimum atomic E-state index is -0.338. The molecule has 0 radical (unpaired) electrons. The second-order valence-corrected chi connectivity index (χ2v) is 6.55. The zero-order valence-electron chi connectivity index (χ0n) is 16.2. The fraction of sp³-hybridized carbons (Fsp3) is 0.261. The van der Waals surface area contributed by atoms with Crippen molar-refractivity contribution in [3.8, 4) is 0 Å². The molecule has 140 valence electrons. The molecule has 0 aliphatic rings. The standard InChI is InChI=1S/C23H26N2O2/c1-18(2)8-7-9-19(3)16-17-27-23(26)20-12-14-22(15-13-20)25-24-21-10-5-4-6-11-21/h4-6,8,10-16H,7,9,17H2,1-3H3/b19-16+,25-24?. The molecule has 0 saturated heterocycles. The SMILES string of the molecule is CC(C)=CCC/C(C)=C/COC(=O)c1ccc(N=Nc2ccccc2)cc1. The molecule has 0 bridgehead atoms. The quantitative estimate of drug-likeness (QED) is 0.290. The van der Waals surface area contributed by atoms with Gasteiger partial charge in [-0.2, -0.15) is 10.2 Å². The van der Waals surface area contributed by atoms with Gasteiger partial charge >= 0.3 is 5.97 Å². The summed E-state index contributed by atoms with van der Waals surface area (Å²) in [5.41, 5.74) is 4.51. The summed E-state index contributed by atoms with van der Waals surface area (Å²) in [7, 11) is 0. The monoisotopic (exact) mass is 362 g/mol. The summed E-state index contributed by atoms with van der Waals surface area (Å²) in [5, 5.41) is 8.31. The van der Waals surface area contributed by atoms with Gasteiger partial charge in [-0.1, -0.05) is 35.4 Å². The van der Waals surface area contributed by atoms with Crippen LogP contribution in [-0.4, -0.2) is 12.6 Å². The predicted octanol–water partition coefficient (Wildman–Crippen LogP) is 6.95. The van der Waals surface area contributed by atoms with Crippen LogP contribution >= 0.6 is 0 Å². The lowest BCUT2D eigenvalue weighted by atomic mass is 10.1. The molecule has 0 amide bonds. The second kappa shape index (κ2) is 10.9. The van der Waals surface area contributed by atoms with Gasteiger partial charge in [0, 0.05) is 0 Å². The van der Waals surface area contributed by atoms with Gasteiger partial charge in [-0.15, -0.1) is 0 Å². The predicted molar refractivity (Wildman–Crippen MR) is 110 cm³/mol. The van der Waals surface area contributed by atoms with Gasteiger partial charge in [-0.25, -0.2) is 4.79 Å². The Balaban J connectivity index is 1.83. The van der Waals surface area contributed by atoms with Crippen LogP contribution in [-0.2, 0) is 4.74 Å². The van der Waals surface area contributed by atoms with Gasteiger partial charge in [0.2, 0.25) is 0 Å². The zero-order valence-corrected chi connectivity index (χ0v) is 16.2. The number of azo groups is 1. The number of allylic oxidation sites excluding steroid dienone is 3. The summed E-state index contributed by atoms with van der Waals surface area (Å²) in [6.45, 7) is 6.53. The molecule has 0 saturated carbocycles. The largest absolute Gasteiger partial charge is 0.458 e. The molecule has 0 aliphatic heterocycles. The van der Waals surface area contributed by atoms with Crippen LogP contribution in [0.4, 0.5) is 11.4 Å². The van der Waals surface area contributed by atoms with Crippen molar-refractivity contribution in [1.82, 2.24) is 0 Å². The van der Waals surface area contributed by atoms with Crippen LogP contribution < -0.4 is 0 Å². The van der Waals surface area contributed by atoms with Crippen molar-refractivity contribution in [3.63, 3.8) is 0 Å². The van der Waals surface area contributed by atoms with Gasteiger partial charge in [0.15, 0.2) is 0 Å². The normalized spacial score (nSPS) is 11.4. The van der Waals surface area contributed by atoms with E-state index in [1.165, 1.54) is 11.1 Å². The van der Waals surface area contributed by atoms with E-state index in [1.807, 2.05) is 36.4 Å². The first kappa shape index (κ1) is 20.3. The molecule has 2 aromatic rings. The van der Waals surface area contributed by atoms with E-state index in [0.717, 1.165) is 18.5 Å². The molecular formula is C23H26N2O2. The highest BCUT2D eigenvalue weighted by atomic mass is 16.5. The maximum Gasteiger partial charge on any atom is 0.338 e. The van der Waals surface area contributed by atoms with Gasteiger partial charge in [-0.05, 0) is 76.1 Å². The lowest BCUT2D eigenvalue weighted by molar-refractivity contribution is 0.0549. The number of hydrogen-bond acceptors (Lipinski definition) is 4. The number of esters is 1. The molecule has 0 aromatic heterocycles. The fourth-order valence-corrected chi connectivity index (χ4v) is 2.31. The Labute approximate surface area is 161 Å². The number of carbonyl (C=O) groups is 1. The van der Waals surface area contributed by atoms with Crippen molar-refractivity contribution in [3.05, 3.63) is 83.5 Å². The minimum absolute atomic E-state index is 0.287. The van der Waals surface area contributed by atoms with Gasteiger partial charge in [0.05, 0.1) is 16.9 Å². The molecule has 2 aromatic carbocycles. The number of carbonyl (C=O) groups excluding carboxylic acids is 1. The summed E-state index contributed by atoms with van der Waals surface area (Å²) in [6, 6.07) is 16.4. The van der Waals surface area contributed by atoms with Crippen LogP contribution in [0.5, 0.6) is 0 Å². The Morgan fingerprint density at radius 1 is 0.889 bits per heavy atom. The van der Waals surface area contributed by atoms with Crippen molar-refractivity contribution in [1.29, 1.82) is 0 Å². The van der Waals surface area contributed by atoms with E-state index in [9.17, 15) is 4.79 Å². The molecular weight excluding hydrogens is 336 g/mol. The van der Waals surface area contributed by atoms with Crippen LogP contribution in [0.2, 0.25) is 0 Å². The third-order valence-electron chi connectivity index (χ3n) is 3.88. The maximum atomic E-state index is 12.1. The Kier molecular flexibility index (Phi) is 8.17. The Hall–Kier alpha value is -3.01. The van der Waals surface area contributed by atoms with Crippen LogP contribution in [0.1, 0.15) is 44.0 Å². The fourth-order valence-electron chi connectivity index (χ4n) is 2.31. The Morgan fingerprint density at radius 2 is 1.52 bits per heavy atom. The summed E-state index contributed by atoms with van der Waals surface area (Å²) in [5.74, 6) is -0.338. The second-order valence-electron chi connectivity index (χ2n) is 6.55. The van der Waals surface area contributed by atoms with E-state index < -0.39 is 0 Å². The number of rotatable bonds is 8. The molecule has 0 atom stereocenters. The first-order chi connectivity index (χ1) is 13.0. The molecule has 2 rings (SSSR count). The van der Waals surface area contributed by atoms with Gasteiger partial charge in [0.25, 0.3) is 0 Å². The maximum absolute atomic E-state index is 12.1. The highest BCUT2D eigenvalue weighted by Crippen LogP contribution is 2.18. The summed E-state index contributed by atoms with van der Waals surface area (Å²) < 4.78 is 5.31. The van der Waals surface area contributed by atoms with E-state index in [1.54, 1.807) is 24.3 Å². The third-order valence-corrected chi connectivity index (χ3v) is 3.88. The van der Waals surface area contributed by atoms with Crippen molar-refractivity contribution >= 4 is 17.3 Å². The Bertz CT molecular complexity index is 815. The minimum Gasteiger partial charge on any atom is -0.458 e. The smallest absolute Gasteiger partial charge is 0.338 e. The molecule has 4 nitrogen and oxygen atoms in total. The molecule has 27 heavy (non-hydrogen) atoms. The van der Waals surface area contributed by atoms with Gasteiger partial charge < -0.3 is 4.74 Å². The number of nitrogens with zero attached hydrogens (tertiary/aromatic N) is 2. The average Bonchev–Trinajstić information content (AvgIpc) is 2.67. The number of benzene rings is 2. The first-order valence-electron chi connectivity index (χ1n) is 9.07. The summed E-state index contributed by atoms with van der Waals surface area (Å²) in [6.07, 6.45) is 6.15. The third kappa shape index (κ3) is 7.82. The van der Waals surface area contributed by atoms with Crippen molar-refractivity contribution < 1.29 is 9.53 Å². The van der Waals surface area contributed by atoms with Crippen molar-refractivity contribution in [2.24, 2.45) is 10.2 Å². The molecule has 0 heterocycles. The molecule has 0 N–H and O–H groups in total. The van der Waals surface area contributed by atoms with E-state index in [-0.39, 0.29) is 12.6 Å². The van der Waals surface area contributed by atoms with Gasteiger partial charge in [0.1, 0.15) is 6.61 Å². The van der Waals surface area contributed by atoms with Crippen LogP contribution in [0.3, 0.4) is 0 Å². The van der Waals surface area contributed by atoms with Crippen LogP contribution in [0.15, 0.2) is 88.1 Å². The van der Waals surface area contributed by atoms with Crippen LogP contribution in [0.25, 0.3) is 0 Å². The highest BCUT2D eigenvalue weighted by Gasteiger charge is 2.06. The Morgan fingerprint density at radius 3 is 2.15 bits per heavy atom. The molecule has 4 heteroatoms. The van der Waals surface area contributed by atoms with Crippen molar-refractivity contribution in [2.45, 2.75) is 33.6 Å². The zero-order chi connectivity index (χ0) is 19.5. The highest BCUT2D eigenvalue weighted by molar-refractivity contribution is 5.89. The van der Waals surface area contributed by atoms with E-state index >= 15 is 0 Å². The van der Waals surface area contributed by atoms with E-state index in [0.29, 0.717) is 11.3 Å². The first-order valence-corrected chi connectivity index (χ1v) is 9.07. The molecule has 0 fully saturated rings. The molecule has 0 spiro atoms. The molecule has 0 aliphatic carbocycles. The number of ether oxygens (including phenoxy) is 1. The van der Waals surface area contributed by atoms with Gasteiger partial charge in [-0.3, -0.25) is 0 Å². The van der Waals surface area contributed by atoms with E-state index in [2.05, 4.69) is 37.1 Å². The van der Waals surface area contributed by atoms with E-state index in [4.69, 9.17) is 4.74 Å². The molecule has 0 unspecified atom stereocenters. The topological polar surface area (TPSA) is 51.0 Å². The number of hydrogen-bond donors (Lipinski definition) is 0.